The van der Waals surface area contributed by atoms with Crippen LogP contribution in [0.5, 0.6) is 0 Å². The first-order valence-corrected chi connectivity index (χ1v) is 11.4. The quantitative estimate of drug-likeness (QED) is 0.651. The maximum Gasteiger partial charge on any atom is 0.318 e. The molecular weight excluding hydrogens is 402 g/mol. The van der Waals surface area contributed by atoms with Crippen molar-refractivity contribution in [3.05, 3.63) is 76.5 Å². The van der Waals surface area contributed by atoms with Crippen LogP contribution in [0.3, 0.4) is 0 Å². The Bertz CT molecular complexity index is 1180. The van der Waals surface area contributed by atoms with Crippen LogP contribution in [0, 0.1) is 0 Å². The number of fused-ring (bicyclic) bond motifs is 1. The highest BCUT2D eigenvalue weighted by atomic mass is 16.2. The molecular formula is C25H29N5O2. The number of urea groups is 1. The number of carbonyl (C=O) groups is 1. The third-order valence-corrected chi connectivity index (χ3v) is 6.67. The Morgan fingerprint density at radius 1 is 1.22 bits per heavy atom. The molecule has 1 saturated heterocycles. The third-order valence-electron chi connectivity index (χ3n) is 6.67. The Morgan fingerprint density at radius 3 is 2.88 bits per heavy atom. The van der Waals surface area contributed by atoms with E-state index in [9.17, 15) is 9.59 Å². The molecule has 1 aromatic carbocycles. The molecule has 3 heterocycles. The number of rotatable bonds is 5. The van der Waals surface area contributed by atoms with E-state index in [2.05, 4.69) is 27.8 Å². The summed E-state index contributed by atoms with van der Waals surface area (Å²) in [5.41, 5.74) is 1.90. The molecule has 7 heteroatoms. The molecule has 5 rings (SSSR count). The Morgan fingerprint density at radius 2 is 2.06 bits per heavy atom. The molecule has 0 unspecified atom stereocenters. The lowest BCUT2D eigenvalue weighted by molar-refractivity contribution is 0.182. The standard InChI is InChI=1S/C25H29N5O2/c1-29-13-10-18(14-24(29)31)21-9-11-26-15-22(21)28-25(32)30(19-6-7-19)16-23-20-5-3-2-4-17(20)8-12-27-23/h2-5,8,10,12-14,19,21-22,26H,6-7,9,11,15-16H2,1H3,(H,28,32)/t21-,22+/m0/s1. The second kappa shape index (κ2) is 8.74. The van der Waals surface area contributed by atoms with Gasteiger partial charge in [0.1, 0.15) is 0 Å². The number of benzene rings is 1. The molecule has 2 N–H and O–H groups in total. The van der Waals surface area contributed by atoms with Crippen molar-refractivity contribution >= 4 is 16.8 Å². The van der Waals surface area contributed by atoms with Crippen molar-refractivity contribution < 1.29 is 4.79 Å². The maximum absolute atomic E-state index is 13.4. The third kappa shape index (κ3) is 4.25. The number of pyridine rings is 2. The fraction of sp³-hybridized carbons (Fsp3) is 0.400. The van der Waals surface area contributed by atoms with E-state index < -0.39 is 0 Å². The van der Waals surface area contributed by atoms with Crippen LogP contribution in [0.15, 0.2) is 59.7 Å². The van der Waals surface area contributed by atoms with Crippen molar-refractivity contribution in [2.45, 2.75) is 43.8 Å². The topological polar surface area (TPSA) is 79.3 Å². The van der Waals surface area contributed by atoms with E-state index in [1.165, 1.54) is 0 Å². The Kier molecular flexibility index (Phi) is 5.66. The van der Waals surface area contributed by atoms with Crippen LogP contribution in [-0.4, -0.2) is 45.7 Å². The van der Waals surface area contributed by atoms with Crippen molar-refractivity contribution in [1.82, 2.24) is 25.1 Å². The summed E-state index contributed by atoms with van der Waals surface area (Å²) < 4.78 is 1.57. The lowest BCUT2D eigenvalue weighted by Crippen LogP contribution is -2.54. The summed E-state index contributed by atoms with van der Waals surface area (Å²) in [6.45, 7) is 2.06. The first-order chi connectivity index (χ1) is 15.6. The molecule has 0 spiro atoms. The van der Waals surface area contributed by atoms with Crippen LogP contribution in [0.4, 0.5) is 4.79 Å². The van der Waals surface area contributed by atoms with Crippen LogP contribution in [-0.2, 0) is 13.6 Å². The minimum Gasteiger partial charge on any atom is -0.333 e. The molecule has 0 radical (unpaired) electrons. The molecule has 7 nitrogen and oxygen atoms in total. The lowest BCUT2D eigenvalue weighted by atomic mass is 9.86. The van der Waals surface area contributed by atoms with E-state index >= 15 is 0 Å². The van der Waals surface area contributed by atoms with Crippen LogP contribution >= 0.6 is 0 Å². The van der Waals surface area contributed by atoms with Crippen LogP contribution in [0.1, 0.15) is 36.4 Å². The molecule has 1 aliphatic carbocycles. The summed E-state index contributed by atoms with van der Waals surface area (Å²) in [5, 5.41) is 8.90. The molecule has 2 fully saturated rings. The molecule has 2 aliphatic rings. The fourth-order valence-corrected chi connectivity index (χ4v) is 4.67. The molecule has 2 atom stereocenters. The molecule has 0 bridgehead atoms. The van der Waals surface area contributed by atoms with Crippen LogP contribution < -0.4 is 16.2 Å². The first-order valence-electron chi connectivity index (χ1n) is 11.4. The monoisotopic (exact) mass is 431 g/mol. The SMILES string of the molecule is Cn1ccc([C@@H]2CCNC[C@H]2NC(=O)N(Cc2nccc3ccccc23)C2CC2)cc1=O. The van der Waals surface area contributed by atoms with Crippen molar-refractivity contribution in [3.8, 4) is 0 Å². The van der Waals surface area contributed by atoms with Crippen molar-refractivity contribution in [2.75, 3.05) is 13.1 Å². The van der Waals surface area contributed by atoms with Crippen molar-refractivity contribution in [3.63, 3.8) is 0 Å². The van der Waals surface area contributed by atoms with Gasteiger partial charge in [-0.15, -0.1) is 0 Å². The highest BCUT2D eigenvalue weighted by Crippen LogP contribution is 2.30. The van der Waals surface area contributed by atoms with Gasteiger partial charge < -0.3 is 20.1 Å². The van der Waals surface area contributed by atoms with E-state index in [1.54, 1.807) is 23.9 Å². The van der Waals surface area contributed by atoms with E-state index in [0.717, 1.165) is 47.8 Å². The van der Waals surface area contributed by atoms with Crippen LogP contribution in [0.25, 0.3) is 10.8 Å². The maximum atomic E-state index is 13.4. The number of amides is 2. The molecule has 3 aromatic rings. The van der Waals surface area contributed by atoms with Gasteiger partial charge in [0.15, 0.2) is 0 Å². The Balaban J connectivity index is 1.36. The van der Waals surface area contributed by atoms with Gasteiger partial charge in [-0.3, -0.25) is 9.78 Å². The van der Waals surface area contributed by atoms with Crippen LogP contribution in [0.2, 0.25) is 0 Å². The van der Waals surface area contributed by atoms with Gasteiger partial charge in [-0.2, -0.15) is 0 Å². The second-order valence-corrected chi connectivity index (χ2v) is 8.90. The Labute approximate surface area is 187 Å². The number of hydrogen-bond acceptors (Lipinski definition) is 4. The lowest BCUT2D eigenvalue weighted by Gasteiger charge is -2.35. The fourth-order valence-electron chi connectivity index (χ4n) is 4.67. The number of aromatic nitrogens is 2. The van der Waals surface area contributed by atoms with E-state index in [0.29, 0.717) is 13.1 Å². The van der Waals surface area contributed by atoms with Crippen molar-refractivity contribution in [1.29, 1.82) is 0 Å². The molecule has 32 heavy (non-hydrogen) atoms. The van der Waals surface area contributed by atoms with Crippen molar-refractivity contribution in [2.24, 2.45) is 7.05 Å². The smallest absolute Gasteiger partial charge is 0.318 e. The van der Waals surface area contributed by atoms with E-state index in [-0.39, 0.29) is 29.6 Å². The molecule has 2 aromatic heterocycles. The van der Waals surface area contributed by atoms with Gasteiger partial charge in [0.05, 0.1) is 12.2 Å². The molecule has 2 amide bonds. The predicted molar refractivity (Wildman–Crippen MR) is 125 cm³/mol. The number of nitrogens with one attached hydrogen (secondary N) is 2. The van der Waals surface area contributed by atoms with Gasteiger partial charge >= 0.3 is 6.03 Å². The second-order valence-electron chi connectivity index (χ2n) is 8.90. The van der Waals surface area contributed by atoms with Gasteiger partial charge in [0.2, 0.25) is 0 Å². The number of nitrogens with zero attached hydrogens (tertiary/aromatic N) is 3. The number of aryl methyl sites for hydroxylation is 1. The summed E-state index contributed by atoms with van der Waals surface area (Å²) in [5.74, 6) is 0.117. The molecule has 166 valence electrons. The first kappa shape index (κ1) is 20.7. The van der Waals surface area contributed by atoms with Gasteiger partial charge in [0.25, 0.3) is 5.56 Å². The van der Waals surface area contributed by atoms with E-state index in [4.69, 9.17) is 0 Å². The van der Waals surface area contributed by atoms with Gasteiger partial charge in [-0.25, -0.2) is 4.79 Å². The highest BCUT2D eigenvalue weighted by Gasteiger charge is 2.36. The predicted octanol–water partition coefficient (Wildman–Crippen LogP) is 2.75. The Hall–Kier alpha value is -3.19. The summed E-state index contributed by atoms with van der Waals surface area (Å²) >= 11 is 0. The van der Waals surface area contributed by atoms with Gasteiger partial charge in [-0.1, -0.05) is 24.3 Å². The number of carbonyl (C=O) groups excluding carboxylic acids is 1. The zero-order valence-corrected chi connectivity index (χ0v) is 18.3. The number of piperidine rings is 1. The average Bonchev–Trinajstić information content (AvgIpc) is 3.65. The molecule has 1 aliphatic heterocycles. The van der Waals surface area contributed by atoms with Gasteiger partial charge in [-0.05, 0) is 48.9 Å². The normalized spacial score (nSPS) is 20.8. The van der Waals surface area contributed by atoms with E-state index in [1.807, 2.05) is 35.4 Å². The highest BCUT2D eigenvalue weighted by molar-refractivity contribution is 5.85. The number of hydrogen-bond donors (Lipinski definition) is 2. The summed E-state index contributed by atoms with van der Waals surface area (Å²) in [4.78, 5) is 32.1. The molecule has 1 saturated carbocycles. The summed E-state index contributed by atoms with van der Waals surface area (Å²) in [7, 11) is 1.75. The summed E-state index contributed by atoms with van der Waals surface area (Å²) in [6.07, 6.45) is 6.56. The average molecular weight is 432 g/mol. The summed E-state index contributed by atoms with van der Waals surface area (Å²) in [6, 6.07) is 14.0. The zero-order chi connectivity index (χ0) is 22.1. The minimum atomic E-state index is -0.0647. The zero-order valence-electron chi connectivity index (χ0n) is 18.3. The largest absolute Gasteiger partial charge is 0.333 e. The van der Waals surface area contributed by atoms with Gasteiger partial charge in [0, 0.05) is 55.4 Å². The minimum absolute atomic E-state index is 0.0206.